The summed E-state index contributed by atoms with van der Waals surface area (Å²) >= 11 is 0. The summed E-state index contributed by atoms with van der Waals surface area (Å²) in [4.78, 5) is 0. The number of aryl methyl sites for hydroxylation is 2. The molecule has 2 aromatic heterocycles. The van der Waals surface area contributed by atoms with E-state index in [4.69, 9.17) is 0 Å². The third-order valence-corrected chi connectivity index (χ3v) is 3.51. The van der Waals surface area contributed by atoms with Crippen molar-refractivity contribution >= 4 is 10.9 Å². The maximum Gasteiger partial charge on any atom is 0.0692 e. The molecule has 0 aliphatic rings. The first-order chi connectivity index (χ1) is 9.84. The van der Waals surface area contributed by atoms with Crippen LogP contribution >= 0.6 is 0 Å². The monoisotopic (exact) mass is 269 g/mol. The first kappa shape index (κ1) is 12.9. The molecular formula is C15H19N5. The molecule has 3 aromatic rings. The summed E-state index contributed by atoms with van der Waals surface area (Å²) in [5, 5.41) is 12.6. The summed E-state index contributed by atoms with van der Waals surface area (Å²) in [7, 11) is 2.09. The van der Waals surface area contributed by atoms with Crippen LogP contribution in [0.3, 0.4) is 0 Å². The van der Waals surface area contributed by atoms with Gasteiger partial charge in [0.05, 0.1) is 6.20 Å². The molecule has 0 radical (unpaired) electrons. The highest BCUT2D eigenvalue weighted by molar-refractivity contribution is 5.83. The highest BCUT2D eigenvalue weighted by Crippen LogP contribution is 2.19. The van der Waals surface area contributed by atoms with Crippen molar-refractivity contribution in [2.24, 2.45) is 7.05 Å². The Balaban J connectivity index is 1.52. The average Bonchev–Trinajstić information content (AvgIpc) is 3.08. The van der Waals surface area contributed by atoms with Crippen molar-refractivity contribution in [2.45, 2.75) is 19.5 Å². The number of nitrogens with zero attached hydrogens (tertiary/aromatic N) is 4. The predicted molar refractivity (Wildman–Crippen MR) is 79.3 cm³/mol. The molecule has 0 unspecified atom stereocenters. The van der Waals surface area contributed by atoms with E-state index in [1.54, 1.807) is 6.20 Å². The molecule has 0 spiro atoms. The van der Waals surface area contributed by atoms with Gasteiger partial charge in [0, 0.05) is 43.4 Å². The number of rotatable bonds is 6. The van der Waals surface area contributed by atoms with Gasteiger partial charge in [0.25, 0.3) is 0 Å². The van der Waals surface area contributed by atoms with Gasteiger partial charge in [-0.05, 0) is 24.6 Å². The molecule has 0 saturated carbocycles. The van der Waals surface area contributed by atoms with Gasteiger partial charge in [-0.15, -0.1) is 5.10 Å². The summed E-state index contributed by atoms with van der Waals surface area (Å²) in [5.74, 6) is 0. The fourth-order valence-electron chi connectivity index (χ4n) is 2.51. The molecular weight excluding hydrogens is 250 g/mol. The molecule has 5 heteroatoms. The first-order valence-electron chi connectivity index (χ1n) is 6.92. The van der Waals surface area contributed by atoms with Crippen LogP contribution in [0.2, 0.25) is 0 Å². The van der Waals surface area contributed by atoms with Crippen molar-refractivity contribution in [2.75, 3.05) is 6.54 Å². The van der Waals surface area contributed by atoms with Gasteiger partial charge in [0.1, 0.15) is 0 Å². The third-order valence-electron chi connectivity index (χ3n) is 3.51. The number of hydrogen-bond acceptors (Lipinski definition) is 3. The van der Waals surface area contributed by atoms with Crippen molar-refractivity contribution in [3.05, 3.63) is 48.4 Å². The molecule has 2 heterocycles. The van der Waals surface area contributed by atoms with E-state index < -0.39 is 0 Å². The molecule has 0 saturated heterocycles. The fourth-order valence-corrected chi connectivity index (χ4v) is 2.51. The van der Waals surface area contributed by atoms with E-state index in [-0.39, 0.29) is 0 Å². The van der Waals surface area contributed by atoms with E-state index in [2.05, 4.69) is 57.7 Å². The second kappa shape index (κ2) is 5.88. The lowest BCUT2D eigenvalue weighted by atomic mass is 10.2. The Kier molecular flexibility index (Phi) is 3.78. The summed E-state index contributed by atoms with van der Waals surface area (Å²) in [6, 6.07) is 8.51. The van der Waals surface area contributed by atoms with E-state index >= 15 is 0 Å². The highest BCUT2D eigenvalue weighted by atomic mass is 15.4. The van der Waals surface area contributed by atoms with E-state index in [1.165, 1.54) is 16.5 Å². The second-order valence-corrected chi connectivity index (χ2v) is 4.98. The zero-order valence-corrected chi connectivity index (χ0v) is 11.7. The number of nitrogens with one attached hydrogen (secondary N) is 1. The Labute approximate surface area is 118 Å². The van der Waals surface area contributed by atoms with Gasteiger partial charge in [-0.25, -0.2) is 0 Å². The standard InChI is InChI=1S/C15H19N5/c1-19-12-13(14-5-2-3-6-15(14)19)11-16-7-4-9-20-10-8-17-18-20/h2-3,5-6,8,10,12,16H,4,7,9,11H2,1H3. The number of aromatic nitrogens is 4. The quantitative estimate of drug-likeness (QED) is 0.696. The summed E-state index contributed by atoms with van der Waals surface area (Å²) in [5.41, 5.74) is 2.63. The van der Waals surface area contributed by atoms with Crippen LogP contribution in [0.25, 0.3) is 10.9 Å². The van der Waals surface area contributed by atoms with Crippen LogP contribution in [0.5, 0.6) is 0 Å². The normalized spacial score (nSPS) is 11.2. The molecule has 0 bridgehead atoms. The van der Waals surface area contributed by atoms with Gasteiger partial charge in [0.15, 0.2) is 0 Å². The number of para-hydroxylation sites is 1. The minimum atomic E-state index is 0.901. The maximum atomic E-state index is 3.95. The molecule has 3 rings (SSSR count). The minimum absolute atomic E-state index is 0.901. The predicted octanol–water partition coefficient (Wildman–Crippen LogP) is 1.95. The minimum Gasteiger partial charge on any atom is -0.350 e. The Morgan fingerprint density at radius 1 is 1.25 bits per heavy atom. The fraction of sp³-hybridized carbons (Fsp3) is 0.333. The topological polar surface area (TPSA) is 47.7 Å². The summed E-state index contributed by atoms with van der Waals surface area (Å²) < 4.78 is 4.04. The van der Waals surface area contributed by atoms with Crippen molar-refractivity contribution in [3.63, 3.8) is 0 Å². The van der Waals surface area contributed by atoms with Crippen LogP contribution in [-0.2, 0) is 20.1 Å². The van der Waals surface area contributed by atoms with Gasteiger partial charge >= 0.3 is 0 Å². The smallest absolute Gasteiger partial charge is 0.0692 e. The lowest BCUT2D eigenvalue weighted by Gasteiger charge is -2.04. The largest absolute Gasteiger partial charge is 0.350 e. The highest BCUT2D eigenvalue weighted by Gasteiger charge is 2.04. The molecule has 0 atom stereocenters. The van der Waals surface area contributed by atoms with Gasteiger partial charge in [-0.1, -0.05) is 23.4 Å². The molecule has 0 amide bonds. The second-order valence-electron chi connectivity index (χ2n) is 4.98. The molecule has 0 aliphatic carbocycles. The molecule has 0 fully saturated rings. The average molecular weight is 269 g/mol. The number of benzene rings is 1. The SMILES string of the molecule is Cn1cc(CNCCCn2ccnn2)c2ccccc21. The van der Waals surface area contributed by atoms with Crippen molar-refractivity contribution in [3.8, 4) is 0 Å². The van der Waals surface area contributed by atoms with Gasteiger partial charge in [0.2, 0.25) is 0 Å². The van der Waals surface area contributed by atoms with Crippen LogP contribution in [0.15, 0.2) is 42.9 Å². The van der Waals surface area contributed by atoms with E-state index in [9.17, 15) is 0 Å². The number of hydrogen-bond donors (Lipinski definition) is 1. The van der Waals surface area contributed by atoms with Crippen LogP contribution in [0.1, 0.15) is 12.0 Å². The molecule has 1 aromatic carbocycles. The summed E-state index contributed by atoms with van der Waals surface area (Å²) in [6.07, 6.45) is 6.86. The summed E-state index contributed by atoms with van der Waals surface area (Å²) in [6.45, 7) is 2.78. The Morgan fingerprint density at radius 2 is 2.15 bits per heavy atom. The van der Waals surface area contributed by atoms with E-state index in [1.807, 2.05) is 10.9 Å². The Hall–Kier alpha value is -2.14. The molecule has 104 valence electrons. The lowest BCUT2D eigenvalue weighted by molar-refractivity contribution is 0.530. The van der Waals surface area contributed by atoms with E-state index in [0.717, 1.165) is 26.1 Å². The van der Waals surface area contributed by atoms with Crippen LogP contribution in [0, 0.1) is 0 Å². The van der Waals surface area contributed by atoms with Gasteiger partial charge in [-0.2, -0.15) is 0 Å². The zero-order chi connectivity index (χ0) is 13.8. The van der Waals surface area contributed by atoms with Crippen LogP contribution in [0.4, 0.5) is 0 Å². The maximum absolute atomic E-state index is 3.95. The van der Waals surface area contributed by atoms with Crippen molar-refractivity contribution < 1.29 is 0 Å². The van der Waals surface area contributed by atoms with Crippen molar-refractivity contribution in [1.82, 2.24) is 24.9 Å². The first-order valence-corrected chi connectivity index (χ1v) is 6.92. The molecule has 0 aliphatic heterocycles. The van der Waals surface area contributed by atoms with Crippen LogP contribution in [-0.4, -0.2) is 26.1 Å². The van der Waals surface area contributed by atoms with Crippen LogP contribution < -0.4 is 5.32 Å². The van der Waals surface area contributed by atoms with Crippen molar-refractivity contribution in [1.29, 1.82) is 0 Å². The molecule has 1 N–H and O–H groups in total. The Bertz CT molecular complexity index is 669. The third kappa shape index (κ3) is 2.72. The van der Waals surface area contributed by atoms with E-state index in [0.29, 0.717) is 0 Å². The molecule has 20 heavy (non-hydrogen) atoms. The Morgan fingerprint density at radius 3 is 3.00 bits per heavy atom. The molecule has 5 nitrogen and oxygen atoms in total. The number of fused-ring (bicyclic) bond motifs is 1. The van der Waals surface area contributed by atoms with Gasteiger partial charge in [-0.3, -0.25) is 4.68 Å². The lowest BCUT2D eigenvalue weighted by Crippen LogP contribution is -2.16. The zero-order valence-electron chi connectivity index (χ0n) is 11.7. The van der Waals surface area contributed by atoms with Gasteiger partial charge < -0.3 is 9.88 Å².